The molecule has 7 nitrogen and oxygen atoms in total. The topological polar surface area (TPSA) is 97.1 Å². The Balaban J connectivity index is 2.20. The number of hydrogen-bond acceptors (Lipinski definition) is 6. The van der Waals surface area contributed by atoms with Gasteiger partial charge in [-0.05, 0) is 31.5 Å². The summed E-state index contributed by atoms with van der Waals surface area (Å²) in [6, 6.07) is 12.4. The summed E-state index contributed by atoms with van der Waals surface area (Å²) in [6.45, 7) is 3.20. The molecule has 0 bridgehead atoms. The van der Waals surface area contributed by atoms with Gasteiger partial charge in [-0.3, -0.25) is 0 Å². The van der Waals surface area contributed by atoms with Crippen molar-refractivity contribution >= 4 is 27.1 Å². The lowest BCUT2D eigenvalue weighted by Gasteiger charge is -2.13. The largest absolute Gasteiger partial charge is 0.382 e. The van der Waals surface area contributed by atoms with Crippen LogP contribution in [-0.2, 0) is 10.0 Å². The van der Waals surface area contributed by atoms with Crippen LogP contribution in [0.3, 0.4) is 0 Å². The Morgan fingerprint density at radius 2 is 1.76 bits per heavy atom. The van der Waals surface area contributed by atoms with Crippen molar-refractivity contribution in [3.05, 3.63) is 53.7 Å². The molecule has 0 aliphatic heterocycles. The Bertz CT molecular complexity index is 997. The Morgan fingerprint density at radius 1 is 1.08 bits per heavy atom. The van der Waals surface area contributed by atoms with Crippen LogP contribution in [0.4, 0.5) is 5.95 Å². The van der Waals surface area contributed by atoms with E-state index in [0.717, 1.165) is 3.97 Å². The molecular weight excluding hydrogens is 340 g/mol. The molecule has 0 saturated carbocycles. The zero-order valence-electron chi connectivity index (χ0n) is 14.2. The molecule has 0 fully saturated rings. The SMILES string of the molecule is CNc1nc2ccc(C(O)c3ccccc3)nc2n1S(=O)(=O)C(C)C. The molecule has 2 aromatic heterocycles. The highest BCUT2D eigenvalue weighted by Gasteiger charge is 2.26. The fourth-order valence-corrected chi connectivity index (χ4v) is 3.69. The number of pyridine rings is 1. The molecule has 0 radical (unpaired) electrons. The van der Waals surface area contributed by atoms with Gasteiger partial charge in [0.05, 0.1) is 10.9 Å². The highest BCUT2D eigenvalue weighted by molar-refractivity contribution is 7.90. The van der Waals surface area contributed by atoms with Crippen LogP contribution in [0.25, 0.3) is 11.2 Å². The normalized spacial score (nSPS) is 13.3. The molecule has 25 heavy (non-hydrogen) atoms. The van der Waals surface area contributed by atoms with E-state index in [1.54, 1.807) is 45.2 Å². The zero-order valence-corrected chi connectivity index (χ0v) is 15.0. The smallest absolute Gasteiger partial charge is 0.245 e. The van der Waals surface area contributed by atoms with E-state index in [1.165, 1.54) is 0 Å². The second-order valence-corrected chi connectivity index (χ2v) is 8.27. The standard InChI is InChI=1S/C17H20N4O3S/c1-11(2)25(23,24)21-16-14(20-17(21)18-3)10-9-13(19-16)15(22)12-7-5-4-6-8-12/h4-11,15,22H,1-3H3,(H,18,20). The lowest BCUT2D eigenvalue weighted by atomic mass is 10.1. The van der Waals surface area contributed by atoms with Crippen LogP contribution in [0.15, 0.2) is 42.5 Å². The maximum atomic E-state index is 12.7. The number of aromatic nitrogens is 3. The van der Waals surface area contributed by atoms with Gasteiger partial charge in [0.15, 0.2) is 5.65 Å². The van der Waals surface area contributed by atoms with E-state index < -0.39 is 21.4 Å². The predicted molar refractivity (Wildman–Crippen MR) is 97.0 cm³/mol. The predicted octanol–water partition coefficient (Wildman–Crippen LogP) is 2.14. The van der Waals surface area contributed by atoms with E-state index >= 15 is 0 Å². The van der Waals surface area contributed by atoms with E-state index in [0.29, 0.717) is 16.8 Å². The van der Waals surface area contributed by atoms with Crippen molar-refractivity contribution in [1.29, 1.82) is 0 Å². The maximum Gasteiger partial charge on any atom is 0.245 e. The van der Waals surface area contributed by atoms with Crippen molar-refractivity contribution in [3.8, 4) is 0 Å². The van der Waals surface area contributed by atoms with Gasteiger partial charge in [-0.15, -0.1) is 0 Å². The third kappa shape index (κ3) is 2.98. The fourth-order valence-electron chi connectivity index (χ4n) is 2.52. The lowest BCUT2D eigenvalue weighted by Crippen LogP contribution is -2.24. The minimum Gasteiger partial charge on any atom is -0.382 e. The summed E-state index contributed by atoms with van der Waals surface area (Å²) in [6.07, 6.45) is -0.950. The highest BCUT2D eigenvalue weighted by Crippen LogP contribution is 2.26. The van der Waals surface area contributed by atoms with E-state index in [1.807, 2.05) is 18.2 Å². The van der Waals surface area contributed by atoms with Gasteiger partial charge >= 0.3 is 0 Å². The second-order valence-electron chi connectivity index (χ2n) is 5.94. The van der Waals surface area contributed by atoms with Gasteiger partial charge < -0.3 is 10.4 Å². The first-order chi connectivity index (χ1) is 11.9. The van der Waals surface area contributed by atoms with Crippen LogP contribution in [-0.4, -0.2) is 39.8 Å². The minimum atomic E-state index is -3.66. The monoisotopic (exact) mass is 360 g/mol. The van der Waals surface area contributed by atoms with Crippen molar-refractivity contribution in [3.63, 3.8) is 0 Å². The lowest BCUT2D eigenvalue weighted by molar-refractivity contribution is 0.215. The van der Waals surface area contributed by atoms with Gasteiger partial charge in [0.25, 0.3) is 0 Å². The molecular formula is C17H20N4O3S. The fraction of sp³-hybridized carbons (Fsp3) is 0.294. The number of fused-ring (bicyclic) bond motifs is 1. The third-order valence-electron chi connectivity index (χ3n) is 3.96. The first kappa shape index (κ1) is 17.4. The Morgan fingerprint density at radius 3 is 2.36 bits per heavy atom. The Kier molecular flexibility index (Phi) is 4.49. The molecule has 0 aliphatic rings. The minimum absolute atomic E-state index is 0.197. The van der Waals surface area contributed by atoms with E-state index in [4.69, 9.17) is 0 Å². The zero-order chi connectivity index (χ0) is 18.2. The second kappa shape index (κ2) is 6.45. The summed E-state index contributed by atoms with van der Waals surface area (Å²) < 4.78 is 26.5. The van der Waals surface area contributed by atoms with Crippen LogP contribution >= 0.6 is 0 Å². The van der Waals surface area contributed by atoms with Gasteiger partial charge in [0.2, 0.25) is 16.0 Å². The molecule has 3 rings (SSSR count). The third-order valence-corrected chi connectivity index (χ3v) is 6.00. The van der Waals surface area contributed by atoms with Gasteiger partial charge in [-0.25, -0.2) is 18.4 Å². The molecule has 1 aromatic carbocycles. The van der Waals surface area contributed by atoms with E-state index in [2.05, 4.69) is 15.3 Å². The Labute approximate surface area is 146 Å². The van der Waals surface area contributed by atoms with Gasteiger partial charge in [-0.2, -0.15) is 3.97 Å². The van der Waals surface area contributed by atoms with Crippen molar-refractivity contribution in [2.75, 3.05) is 12.4 Å². The number of nitrogens with one attached hydrogen (secondary N) is 1. The average Bonchev–Trinajstić information content (AvgIpc) is 3.00. The number of anilines is 1. The first-order valence-corrected chi connectivity index (χ1v) is 9.41. The summed E-state index contributed by atoms with van der Waals surface area (Å²) in [5.74, 6) is 0.197. The molecule has 1 unspecified atom stereocenters. The molecule has 2 N–H and O–H groups in total. The Hall–Kier alpha value is -2.45. The van der Waals surface area contributed by atoms with E-state index in [9.17, 15) is 13.5 Å². The van der Waals surface area contributed by atoms with Crippen molar-refractivity contribution in [2.45, 2.75) is 25.2 Å². The maximum absolute atomic E-state index is 12.7. The molecule has 2 heterocycles. The first-order valence-electron chi connectivity index (χ1n) is 7.90. The number of aliphatic hydroxyl groups is 1. The summed E-state index contributed by atoms with van der Waals surface area (Å²) in [5.41, 5.74) is 1.69. The van der Waals surface area contributed by atoms with E-state index in [-0.39, 0.29) is 11.6 Å². The number of aliphatic hydroxyl groups excluding tert-OH is 1. The van der Waals surface area contributed by atoms with Gasteiger partial charge in [0.1, 0.15) is 11.6 Å². The summed E-state index contributed by atoms with van der Waals surface area (Å²) in [7, 11) is -2.06. The molecule has 1 atom stereocenters. The molecule has 0 spiro atoms. The quantitative estimate of drug-likeness (QED) is 0.723. The number of rotatable bonds is 5. The van der Waals surface area contributed by atoms with Crippen molar-refractivity contribution in [1.82, 2.24) is 13.9 Å². The number of benzene rings is 1. The van der Waals surface area contributed by atoms with Crippen LogP contribution in [0, 0.1) is 0 Å². The summed E-state index contributed by atoms with van der Waals surface area (Å²) >= 11 is 0. The molecule has 8 heteroatoms. The number of nitrogens with zero attached hydrogens (tertiary/aromatic N) is 3. The molecule has 132 valence electrons. The molecule has 0 amide bonds. The van der Waals surface area contributed by atoms with Crippen LogP contribution < -0.4 is 5.32 Å². The van der Waals surface area contributed by atoms with Crippen LogP contribution in [0.1, 0.15) is 31.2 Å². The summed E-state index contributed by atoms with van der Waals surface area (Å²) in [5, 5.41) is 12.7. The van der Waals surface area contributed by atoms with Crippen molar-refractivity contribution in [2.24, 2.45) is 0 Å². The highest BCUT2D eigenvalue weighted by atomic mass is 32.2. The van der Waals surface area contributed by atoms with Crippen LogP contribution in [0.5, 0.6) is 0 Å². The number of imidazole rings is 1. The summed E-state index contributed by atoms with van der Waals surface area (Å²) in [4.78, 5) is 8.68. The number of hydrogen-bond donors (Lipinski definition) is 2. The van der Waals surface area contributed by atoms with Crippen molar-refractivity contribution < 1.29 is 13.5 Å². The van der Waals surface area contributed by atoms with Gasteiger partial charge in [0, 0.05) is 7.05 Å². The average molecular weight is 360 g/mol. The van der Waals surface area contributed by atoms with Crippen LogP contribution in [0.2, 0.25) is 0 Å². The molecule has 3 aromatic rings. The molecule has 0 saturated heterocycles. The van der Waals surface area contributed by atoms with Gasteiger partial charge in [-0.1, -0.05) is 30.3 Å². The molecule has 0 aliphatic carbocycles.